The summed E-state index contributed by atoms with van der Waals surface area (Å²) in [4.78, 5) is 17.8. The van der Waals surface area contributed by atoms with E-state index in [1.54, 1.807) is 6.20 Å². The van der Waals surface area contributed by atoms with Crippen molar-refractivity contribution < 1.29 is 9.53 Å². The van der Waals surface area contributed by atoms with Crippen molar-refractivity contribution in [3.05, 3.63) is 23.9 Å². The van der Waals surface area contributed by atoms with Gasteiger partial charge in [-0.2, -0.15) is 0 Å². The number of rotatable bonds is 2. The lowest BCUT2D eigenvalue weighted by atomic mass is 10.1. The Morgan fingerprint density at radius 1 is 1.41 bits per heavy atom. The average molecular weight is 233 g/mol. The number of nitrogens with one attached hydrogen (secondary N) is 1. The first-order valence-electron chi connectivity index (χ1n) is 5.99. The largest absolute Gasteiger partial charge is 0.439 e. The van der Waals surface area contributed by atoms with Crippen molar-refractivity contribution in [2.75, 3.05) is 24.5 Å². The maximum Gasteiger partial charge on any atom is 0.407 e. The van der Waals surface area contributed by atoms with Gasteiger partial charge in [-0.1, -0.05) is 6.07 Å². The topological polar surface area (TPSA) is 54.5 Å². The van der Waals surface area contributed by atoms with Crippen LogP contribution in [0, 0.1) is 0 Å². The first-order valence-corrected chi connectivity index (χ1v) is 5.99. The first-order chi connectivity index (χ1) is 8.34. The molecule has 2 fully saturated rings. The Morgan fingerprint density at radius 2 is 2.24 bits per heavy atom. The summed E-state index contributed by atoms with van der Waals surface area (Å²) in [5, 5.41) is 2.68. The van der Waals surface area contributed by atoms with Crippen LogP contribution in [0.2, 0.25) is 0 Å². The molecule has 1 N–H and O–H groups in total. The summed E-state index contributed by atoms with van der Waals surface area (Å²) in [6.45, 7) is 2.61. The molecular weight excluding hydrogens is 218 g/mol. The van der Waals surface area contributed by atoms with Crippen LogP contribution in [-0.4, -0.2) is 30.7 Å². The average Bonchev–Trinajstić information content (AvgIpc) is 3.00. The molecule has 2 saturated heterocycles. The third-order valence-electron chi connectivity index (χ3n) is 3.25. The number of carbonyl (C=O) groups is 1. The summed E-state index contributed by atoms with van der Waals surface area (Å²) < 4.78 is 5.23. The highest BCUT2D eigenvalue weighted by Gasteiger charge is 2.28. The van der Waals surface area contributed by atoms with Crippen LogP contribution in [0.5, 0.6) is 0 Å². The van der Waals surface area contributed by atoms with Gasteiger partial charge in [-0.3, -0.25) is 0 Å². The van der Waals surface area contributed by atoms with Gasteiger partial charge in [-0.25, -0.2) is 9.78 Å². The number of cyclic esters (lactones) is 1. The zero-order valence-electron chi connectivity index (χ0n) is 9.56. The summed E-state index contributed by atoms with van der Waals surface area (Å²) in [5.41, 5.74) is 1.01. The monoisotopic (exact) mass is 233 g/mol. The number of hydrogen-bond donors (Lipinski definition) is 1. The SMILES string of the molecule is O=C1NCC(c2cccnc2N2CCCC2)O1. The number of anilines is 1. The number of ether oxygens (including phenoxy) is 1. The number of hydrogen-bond acceptors (Lipinski definition) is 4. The Labute approximate surface area is 99.8 Å². The highest BCUT2D eigenvalue weighted by atomic mass is 16.6. The van der Waals surface area contributed by atoms with Crippen LogP contribution in [0.25, 0.3) is 0 Å². The molecule has 0 radical (unpaired) electrons. The molecule has 2 aliphatic heterocycles. The molecule has 5 nitrogen and oxygen atoms in total. The van der Waals surface area contributed by atoms with Gasteiger partial charge in [0.1, 0.15) is 11.9 Å². The summed E-state index contributed by atoms with van der Waals surface area (Å²) in [6.07, 6.45) is 3.66. The van der Waals surface area contributed by atoms with Gasteiger partial charge in [0, 0.05) is 24.8 Å². The van der Waals surface area contributed by atoms with Crippen molar-refractivity contribution >= 4 is 11.9 Å². The van der Waals surface area contributed by atoms with Crippen LogP contribution in [0.15, 0.2) is 18.3 Å². The highest BCUT2D eigenvalue weighted by Crippen LogP contribution is 2.30. The lowest BCUT2D eigenvalue weighted by Gasteiger charge is -2.21. The molecule has 2 aliphatic rings. The van der Waals surface area contributed by atoms with E-state index < -0.39 is 0 Å². The molecule has 1 atom stereocenters. The van der Waals surface area contributed by atoms with Gasteiger partial charge in [-0.05, 0) is 18.9 Å². The molecule has 0 bridgehead atoms. The number of pyridine rings is 1. The quantitative estimate of drug-likeness (QED) is 0.840. The summed E-state index contributed by atoms with van der Waals surface area (Å²) in [5.74, 6) is 0.964. The molecule has 0 aromatic carbocycles. The minimum Gasteiger partial charge on any atom is -0.439 e. The van der Waals surface area contributed by atoms with Crippen LogP contribution in [-0.2, 0) is 4.74 Å². The Kier molecular flexibility index (Phi) is 2.59. The maximum absolute atomic E-state index is 11.1. The van der Waals surface area contributed by atoms with E-state index in [-0.39, 0.29) is 12.2 Å². The minimum absolute atomic E-state index is 0.202. The van der Waals surface area contributed by atoms with Gasteiger partial charge in [0.05, 0.1) is 6.54 Å². The van der Waals surface area contributed by atoms with Gasteiger partial charge in [0.2, 0.25) is 0 Å². The molecule has 1 aromatic rings. The summed E-state index contributed by atoms with van der Waals surface area (Å²) >= 11 is 0. The fraction of sp³-hybridized carbons (Fsp3) is 0.500. The standard InChI is InChI=1S/C12H15N3O2/c16-12-14-8-10(17-12)9-4-3-5-13-11(9)15-6-1-2-7-15/h3-5,10H,1-2,6-8H2,(H,14,16). The van der Waals surface area contributed by atoms with Gasteiger partial charge >= 0.3 is 6.09 Å². The predicted molar refractivity (Wildman–Crippen MR) is 62.9 cm³/mol. The van der Waals surface area contributed by atoms with Gasteiger partial charge in [-0.15, -0.1) is 0 Å². The first kappa shape index (κ1) is 10.4. The van der Waals surface area contributed by atoms with Crippen molar-refractivity contribution in [3.63, 3.8) is 0 Å². The molecule has 0 saturated carbocycles. The normalized spacial score (nSPS) is 23.6. The van der Waals surface area contributed by atoms with Gasteiger partial charge in [0.15, 0.2) is 0 Å². The molecule has 0 aliphatic carbocycles. The number of nitrogens with zero attached hydrogens (tertiary/aromatic N) is 2. The van der Waals surface area contributed by atoms with E-state index in [0.717, 1.165) is 24.5 Å². The minimum atomic E-state index is -0.341. The lowest BCUT2D eigenvalue weighted by molar-refractivity contribution is 0.141. The summed E-state index contributed by atoms with van der Waals surface area (Å²) in [7, 11) is 0. The fourth-order valence-corrected chi connectivity index (χ4v) is 2.42. The second-order valence-corrected chi connectivity index (χ2v) is 4.39. The lowest BCUT2D eigenvalue weighted by Crippen LogP contribution is -2.22. The molecule has 1 amide bonds. The van der Waals surface area contributed by atoms with Crippen LogP contribution < -0.4 is 10.2 Å². The molecule has 17 heavy (non-hydrogen) atoms. The van der Waals surface area contributed by atoms with Crippen LogP contribution >= 0.6 is 0 Å². The number of carbonyl (C=O) groups excluding carboxylic acids is 1. The van der Waals surface area contributed by atoms with Crippen molar-refractivity contribution in [3.8, 4) is 0 Å². The molecule has 5 heteroatoms. The molecule has 1 unspecified atom stereocenters. The second-order valence-electron chi connectivity index (χ2n) is 4.39. The number of amides is 1. The molecular formula is C12H15N3O2. The van der Waals surface area contributed by atoms with Crippen LogP contribution in [0.1, 0.15) is 24.5 Å². The molecule has 3 heterocycles. The van der Waals surface area contributed by atoms with Crippen molar-refractivity contribution in [1.82, 2.24) is 10.3 Å². The Morgan fingerprint density at radius 3 is 2.94 bits per heavy atom. The smallest absolute Gasteiger partial charge is 0.407 e. The van der Waals surface area contributed by atoms with E-state index in [4.69, 9.17) is 4.74 Å². The Bertz CT molecular complexity index is 430. The second kappa shape index (κ2) is 4.24. The maximum atomic E-state index is 11.1. The van der Waals surface area contributed by atoms with E-state index in [2.05, 4.69) is 15.2 Å². The molecule has 3 rings (SSSR count). The van der Waals surface area contributed by atoms with E-state index in [1.165, 1.54) is 12.8 Å². The van der Waals surface area contributed by atoms with E-state index >= 15 is 0 Å². The zero-order chi connectivity index (χ0) is 11.7. The Hall–Kier alpha value is -1.78. The van der Waals surface area contributed by atoms with E-state index in [9.17, 15) is 4.79 Å². The molecule has 90 valence electrons. The van der Waals surface area contributed by atoms with E-state index in [1.807, 2.05) is 12.1 Å². The predicted octanol–water partition coefficient (Wildman–Crippen LogP) is 1.46. The molecule has 1 aromatic heterocycles. The van der Waals surface area contributed by atoms with Crippen LogP contribution in [0.3, 0.4) is 0 Å². The third kappa shape index (κ3) is 1.92. The van der Waals surface area contributed by atoms with Crippen molar-refractivity contribution in [2.45, 2.75) is 18.9 Å². The molecule has 0 spiro atoms. The van der Waals surface area contributed by atoms with E-state index in [0.29, 0.717) is 6.54 Å². The van der Waals surface area contributed by atoms with Crippen molar-refractivity contribution in [1.29, 1.82) is 0 Å². The summed E-state index contributed by atoms with van der Waals surface area (Å²) in [6, 6.07) is 3.88. The third-order valence-corrected chi connectivity index (χ3v) is 3.25. The fourth-order valence-electron chi connectivity index (χ4n) is 2.42. The Balaban J connectivity index is 1.90. The number of alkyl carbamates (subject to hydrolysis) is 1. The number of aromatic nitrogens is 1. The van der Waals surface area contributed by atoms with Gasteiger partial charge in [0.25, 0.3) is 0 Å². The van der Waals surface area contributed by atoms with Crippen LogP contribution in [0.4, 0.5) is 10.6 Å². The van der Waals surface area contributed by atoms with Gasteiger partial charge < -0.3 is 15.0 Å². The zero-order valence-corrected chi connectivity index (χ0v) is 9.56. The highest BCUT2D eigenvalue weighted by molar-refractivity contribution is 5.70. The van der Waals surface area contributed by atoms with Crippen molar-refractivity contribution in [2.24, 2.45) is 0 Å².